The lowest BCUT2D eigenvalue weighted by Gasteiger charge is -2.10. The third kappa shape index (κ3) is 5.67. The van der Waals surface area contributed by atoms with Crippen molar-refractivity contribution in [3.63, 3.8) is 0 Å². The SMILES string of the molecule is CCCCOc1nc2c(OC(C)C)cccn2c1/C=C(/C#N)C(=O)OCc1ccccc1. The molecule has 0 saturated carbocycles. The van der Waals surface area contributed by atoms with E-state index in [4.69, 9.17) is 14.2 Å². The number of nitrogens with zero attached hydrogens (tertiary/aromatic N) is 3. The first-order valence-corrected chi connectivity index (χ1v) is 10.7. The molecule has 0 aliphatic carbocycles. The second kappa shape index (κ2) is 11.0. The maximum absolute atomic E-state index is 12.6. The molecule has 0 N–H and O–H groups in total. The molecule has 3 aromatic rings. The van der Waals surface area contributed by atoms with E-state index in [1.165, 1.54) is 6.08 Å². The van der Waals surface area contributed by atoms with Crippen molar-refractivity contribution in [1.82, 2.24) is 9.38 Å². The number of imidazole rings is 1. The predicted octanol–water partition coefficient (Wildman–Crippen LogP) is 4.95. The monoisotopic (exact) mass is 433 g/mol. The van der Waals surface area contributed by atoms with E-state index in [1.807, 2.05) is 62.4 Å². The number of rotatable bonds is 10. The Hall–Kier alpha value is -3.79. The summed E-state index contributed by atoms with van der Waals surface area (Å²) in [7, 11) is 0. The molecule has 0 unspecified atom stereocenters. The first-order chi connectivity index (χ1) is 15.5. The van der Waals surface area contributed by atoms with Crippen LogP contribution < -0.4 is 9.47 Å². The Kier molecular flexibility index (Phi) is 7.87. The Balaban J connectivity index is 1.96. The normalized spacial score (nSPS) is 11.4. The number of carbonyl (C=O) groups is 1. The van der Waals surface area contributed by atoms with Gasteiger partial charge in [0.15, 0.2) is 11.4 Å². The van der Waals surface area contributed by atoms with Crippen molar-refractivity contribution in [2.24, 2.45) is 0 Å². The third-order valence-electron chi connectivity index (χ3n) is 4.55. The highest BCUT2D eigenvalue weighted by Crippen LogP contribution is 2.29. The van der Waals surface area contributed by atoms with Gasteiger partial charge < -0.3 is 14.2 Å². The van der Waals surface area contributed by atoms with E-state index in [1.54, 1.807) is 10.6 Å². The van der Waals surface area contributed by atoms with Crippen LogP contribution in [-0.4, -0.2) is 28.1 Å². The molecule has 0 aliphatic rings. The lowest BCUT2D eigenvalue weighted by atomic mass is 10.2. The third-order valence-corrected chi connectivity index (χ3v) is 4.55. The van der Waals surface area contributed by atoms with Gasteiger partial charge in [0.25, 0.3) is 0 Å². The van der Waals surface area contributed by atoms with Crippen molar-refractivity contribution < 1.29 is 19.0 Å². The van der Waals surface area contributed by atoms with Gasteiger partial charge in [0, 0.05) is 6.20 Å². The van der Waals surface area contributed by atoms with Crippen LogP contribution in [0.2, 0.25) is 0 Å². The zero-order chi connectivity index (χ0) is 22.9. The smallest absolute Gasteiger partial charge is 0.349 e. The number of aromatic nitrogens is 2. The van der Waals surface area contributed by atoms with Gasteiger partial charge in [0.2, 0.25) is 5.88 Å². The van der Waals surface area contributed by atoms with Crippen LogP contribution in [0, 0.1) is 11.3 Å². The summed E-state index contributed by atoms with van der Waals surface area (Å²) in [6, 6.07) is 14.9. The van der Waals surface area contributed by atoms with Crippen molar-refractivity contribution >= 4 is 17.7 Å². The van der Waals surface area contributed by atoms with E-state index in [-0.39, 0.29) is 18.3 Å². The van der Waals surface area contributed by atoms with E-state index < -0.39 is 5.97 Å². The Morgan fingerprint density at radius 1 is 1.22 bits per heavy atom. The molecule has 0 spiro atoms. The number of benzene rings is 1. The van der Waals surface area contributed by atoms with Crippen LogP contribution in [0.15, 0.2) is 54.2 Å². The van der Waals surface area contributed by atoms with E-state index in [0.717, 1.165) is 18.4 Å². The van der Waals surface area contributed by atoms with Crippen molar-refractivity contribution in [2.75, 3.05) is 6.61 Å². The van der Waals surface area contributed by atoms with Crippen LogP contribution in [0.3, 0.4) is 0 Å². The molecule has 7 nitrogen and oxygen atoms in total. The molecule has 166 valence electrons. The molecule has 0 atom stereocenters. The molecule has 0 saturated heterocycles. The summed E-state index contributed by atoms with van der Waals surface area (Å²) in [4.78, 5) is 17.2. The molecular formula is C25H27N3O4. The molecule has 0 amide bonds. The molecule has 0 bridgehead atoms. The van der Waals surface area contributed by atoms with Gasteiger partial charge in [-0.2, -0.15) is 10.2 Å². The van der Waals surface area contributed by atoms with Crippen molar-refractivity contribution in [3.05, 3.63) is 65.5 Å². The maximum Gasteiger partial charge on any atom is 0.349 e. The lowest BCUT2D eigenvalue weighted by molar-refractivity contribution is -0.139. The minimum atomic E-state index is -0.708. The summed E-state index contributed by atoms with van der Waals surface area (Å²) in [5.41, 5.74) is 1.73. The van der Waals surface area contributed by atoms with Gasteiger partial charge in [0.1, 0.15) is 23.9 Å². The number of unbranched alkanes of at least 4 members (excludes halogenated alkanes) is 1. The van der Waals surface area contributed by atoms with Crippen LogP contribution in [0.1, 0.15) is 44.9 Å². The molecule has 7 heteroatoms. The molecule has 2 aromatic heterocycles. The van der Waals surface area contributed by atoms with Gasteiger partial charge in [-0.15, -0.1) is 0 Å². The number of fused-ring (bicyclic) bond motifs is 1. The largest absolute Gasteiger partial charge is 0.487 e. The zero-order valence-corrected chi connectivity index (χ0v) is 18.6. The highest BCUT2D eigenvalue weighted by atomic mass is 16.5. The van der Waals surface area contributed by atoms with E-state index in [9.17, 15) is 10.1 Å². The van der Waals surface area contributed by atoms with Gasteiger partial charge in [0.05, 0.1) is 12.7 Å². The van der Waals surface area contributed by atoms with E-state index in [0.29, 0.717) is 29.6 Å². The van der Waals surface area contributed by atoms with Gasteiger partial charge in [-0.1, -0.05) is 43.7 Å². The van der Waals surface area contributed by atoms with E-state index >= 15 is 0 Å². The van der Waals surface area contributed by atoms with Crippen LogP contribution in [0.25, 0.3) is 11.7 Å². The molecule has 3 rings (SSSR count). The fraction of sp³-hybridized carbons (Fsp3) is 0.320. The van der Waals surface area contributed by atoms with Gasteiger partial charge in [-0.05, 0) is 44.0 Å². The predicted molar refractivity (Wildman–Crippen MR) is 121 cm³/mol. The second-order valence-electron chi connectivity index (χ2n) is 7.47. The Morgan fingerprint density at radius 3 is 2.69 bits per heavy atom. The minimum absolute atomic E-state index is 0.0380. The molecule has 0 fully saturated rings. The zero-order valence-electron chi connectivity index (χ0n) is 18.6. The van der Waals surface area contributed by atoms with Gasteiger partial charge >= 0.3 is 5.97 Å². The number of hydrogen-bond donors (Lipinski definition) is 0. The first kappa shape index (κ1) is 22.9. The van der Waals surface area contributed by atoms with Crippen LogP contribution in [0.5, 0.6) is 11.6 Å². The highest BCUT2D eigenvalue weighted by molar-refractivity contribution is 5.98. The topological polar surface area (TPSA) is 85.9 Å². The van der Waals surface area contributed by atoms with Crippen LogP contribution >= 0.6 is 0 Å². The number of esters is 1. The number of pyridine rings is 1. The average molecular weight is 434 g/mol. The summed E-state index contributed by atoms with van der Waals surface area (Å²) in [6.45, 7) is 6.49. The number of ether oxygens (including phenoxy) is 3. The first-order valence-electron chi connectivity index (χ1n) is 10.7. The summed E-state index contributed by atoms with van der Waals surface area (Å²) < 4.78 is 18.8. The standard InChI is InChI=1S/C25H27N3O4/c1-4-5-14-30-24-21(28-13-9-12-22(23(28)27-24)32-18(2)3)15-20(16-26)25(29)31-17-19-10-7-6-8-11-19/h6-13,15,18H,4-5,14,17H2,1-3H3/b20-15-. The summed E-state index contributed by atoms with van der Waals surface area (Å²) >= 11 is 0. The van der Waals surface area contributed by atoms with Crippen molar-refractivity contribution in [1.29, 1.82) is 5.26 Å². The fourth-order valence-electron chi connectivity index (χ4n) is 3.01. The number of carbonyl (C=O) groups excluding carboxylic acids is 1. The van der Waals surface area contributed by atoms with Gasteiger partial charge in [-0.25, -0.2) is 4.79 Å². The van der Waals surface area contributed by atoms with Crippen molar-refractivity contribution in [2.45, 2.75) is 46.3 Å². The lowest BCUT2D eigenvalue weighted by Crippen LogP contribution is -2.08. The fourth-order valence-corrected chi connectivity index (χ4v) is 3.01. The molecule has 0 radical (unpaired) electrons. The number of nitriles is 1. The molecule has 2 heterocycles. The van der Waals surface area contributed by atoms with Crippen molar-refractivity contribution in [3.8, 4) is 17.7 Å². The Labute approximate surface area is 187 Å². The molecular weight excluding hydrogens is 406 g/mol. The Bertz CT molecular complexity index is 1130. The average Bonchev–Trinajstić information content (AvgIpc) is 3.14. The summed E-state index contributed by atoms with van der Waals surface area (Å²) in [5.74, 6) is 0.218. The van der Waals surface area contributed by atoms with Gasteiger partial charge in [-0.3, -0.25) is 4.40 Å². The molecule has 0 aliphatic heterocycles. The van der Waals surface area contributed by atoms with Crippen LogP contribution in [0.4, 0.5) is 0 Å². The minimum Gasteiger partial charge on any atom is -0.487 e. The highest BCUT2D eigenvalue weighted by Gasteiger charge is 2.19. The number of hydrogen-bond acceptors (Lipinski definition) is 6. The molecule has 32 heavy (non-hydrogen) atoms. The quantitative estimate of drug-likeness (QED) is 0.195. The van der Waals surface area contributed by atoms with Crippen LogP contribution in [-0.2, 0) is 16.1 Å². The molecule has 1 aromatic carbocycles. The second-order valence-corrected chi connectivity index (χ2v) is 7.47. The maximum atomic E-state index is 12.6. The Morgan fingerprint density at radius 2 is 2.00 bits per heavy atom. The van der Waals surface area contributed by atoms with E-state index in [2.05, 4.69) is 11.9 Å². The summed E-state index contributed by atoms with van der Waals surface area (Å²) in [6.07, 6.45) is 5.03. The summed E-state index contributed by atoms with van der Waals surface area (Å²) in [5, 5.41) is 9.63.